The Bertz CT molecular complexity index is 783. The second kappa shape index (κ2) is 6.61. The van der Waals surface area contributed by atoms with Crippen molar-refractivity contribution in [1.82, 2.24) is 25.1 Å². The molecule has 1 aliphatic rings. The number of likely N-dealkylation sites (tertiary alicyclic amines) is 1. The predicted molar refractivity (Wildman–Crippen MR) is 97.2 cm³/mol. The standard InChI is InChI=1S/C18H23N5S/c1-12(18-22-21-13(2)24-18)23-9-7-14(8-10-23)11-17-19-15-5-3-4-6-16(15)20-17/h3-6,12,14H,7-11H2,1-2H3,(H,19,20). The number of piperidine rings is 1. The van der Waals surface area contributed by atoms with Crippen molar-refractivity contribution in [1.29, 1.82) is 0 Å². The molecule has 24 heavy (non-hydrogen) atoms. The van der Waals surface area contributed by atoms with Crippen molar-refractivity contribution in [3.8, 4) is 0 Å². The molecule has 0 spiro atoms. The van der Waals surface area contributed by atoms with E-state index < -0.39 is 0 Å². The van der Waals surface area contributed by atoms with Crippen LogP contribution in [0, 0.1) is 12.8 Å². The average molecular weight is 341 g/mol. The average Bonchev–Trinajstić information content (AvgIpc) is 3.20. The molecule has 2 aromatic heterocycles. The lowest BCUT2D eigenvalue weighted by Gasteiger charge is -2.34. The van der Waals surface area contributed by atoms with Crippen LogP contribution in [0.1, 0.15) is 41.6 Å². The van der Waals surface area contributed by atoms with Gasteiger partial charge in [-0.3, -0.25) is 4.90 Å². The number of H-pyrrole nitrogens is 1. The Hall–Kier alpha value is -1.79. The van der Waals surface area contributed by atoms with Gasteiger partial charge in [-0.25, -0.2) is 4.98 Å². The largest absolute Gasteiger partial charge is 0.342 e. The highest BCUT2D eigenvalue weighted by atomic mass is 32.1. The van der Waals surface area contributed by atoms with Gasteiger partial charge in [-0.1, -0.05) is 12.1 Å². The van der Waals surface area contributed by atoms with Gasteiger partial charge in [-0.15, -0.1) is 21.5 Å². The first-order valence-electron chi connectivity index (χ1n) is 8.67. The normalized spacial score (nSPS) is 18.2. The van der Waals surface area contributed by atoms with Crippen LogP contribution in [0.2, 0.25) is 0 Å². The van der Waals surface area contributed by atoms with Crippen molar-refractivity contribution < 1.29 is 0 Å². The molecule has 5 nitrogen and oxygen atoms in total. The molecule has 1 N–H and O–H groups in total. The van der Waals surface area contributed by atoms with Gasteiger partial charge in [0, 0.05) is 6.42 Å². The van der Waals surface area contributed by atoms with Gasteiger partial charge in [0.2, 0.25) is 0 Å². The first kappa shape index (κ1) is 15.7. The van der Waals surface area contributed by atoms with Gasteiger partial charge >= 0.3 is 0 Å². The van der Waals surface area contributed by atoms with Gasteiger partial charge in [0.1, 0.15) is 15.8 Å². The molecule has 4 rings (SSSR count). The summed E-state index contributed by atoms with van der Waals surface area (Å²) in [7, 11) is 0. The number of aromatic nitrogens is 4. The number of hydrogen-bond acceptors (Lipinski definition) is 5. The number of nitrogens with zero attached hydrogens (tertiary/aromatic N) is 4. The molecule has 1 aromatic carbocycles. The van der Waals surface area contributed by atoms with Gasteiger partial charge in [-0.05, 0) is 57.8 Å². The number of fused-ring (bicyclic) bond motifs is 1. The van der Waals surface area contributed by atoms with E-state index in [0.29, 0.717) is 12.0 Å². The highest BCUT2D eigenvalue weighted by Crippen LogP contribution is 2.29. The van der Waals surface area contributed by atoms with E-state index in [0.717, 1.165) is 46.4 Å². The van der Waals surface area contributed by atoms with E-state index in [1.165, 1.54) is 12.8 Å². The third-order valence-electron chi connectivity index (χ3n) is 5.02. The predicted octanol–water partition coefficient (Wildman–Crippen LogP) is 3.74. The molecule has 1 unspecified atom stereocenters. The van der Waals surface area contributed by atoms with E-state index in [9.17, 15) is 0 Å². The fourth-order valence-electron chi connectivity index (χ4n) is 3.56. The molecule has 1 fully saturated rings. The maximum absolute atomic E-state index is 4.73. The second-order valence-electron chi connectivity index (χ2n) is 6.72. The highest BCUT2D eigenvalue weighted by Gasteiger charge is 2.26. The minimum absolute atomic E-state index is 0.378. The van der Waals surface area contributed by atoms with Crippen molar-refractivity contribution in [2.45, 2.75) is 39.2 Å². The van der Waals surface area contributed by atoms with Crippen LogP contribution in [0.4, 0.5) is 0 Å². The summed E-state index contributed by atoms with van der Waals surface area (Å²) >= 11 is 1.72. The first-order chi connectivity index (χ1) is 11.7. The van der Waals surface area contributed by atoms with E-state index >= 15 is 0 Å². The summed E-state index contributed by atoms with van der Waals surface area (Å²) in [6, 6.07) is 8.65. The van der Waals surface area contributed by atoms with E-state index in [4.69, 9.17) is 4.98 Å². The van der Waals surface area contributed by atoms with Gasteiger partial charge in [0.25, 0.3) is 0 Å². The zero-order valence-corrected chi connectivity index (χ0v) is 15.0. The zero-order valence-electron chi connectivity index (χ0n) is 14.2. The maximum Gasteiger partial charge on any atom is 0.134 e. The summed E-state index contributed by atoms with van der Waals surface area (Å²) in [4.78, 5) is 10.7. The molecular weight excluding hydrogens is 318 g/mol. The van der Waals surface area contributed by atoms with Crippen molar-refractivity contribution in [2.75, 3.05) is 13.1 Å². The number of aryl methyl sites for hydroxylation is 1. The summed E-state index contributed by atoms with van der Waals surface area (Å²) in [6.07, 6.45) is 3.49. The Morgan fingerprint density at radius 2 is 2.04 bits per heavy atom. The molecule has 0 saturated carbocycles. The monoisotopic (exact) mass is 341 g/mol. The van der Waals surface area contributed by atoms with E-state index in [2.05, 4.69) is 45.2 Å². The Labute approximate surface area is 146 Å². The van der Waals surface area contributed by atoms with Gasteiger partial charge < -0.3 is 4.98 Å². The third kappa shape index (κ3) is 3.21. The fraction of sp³-hybridized carbons (Fsp3) is 0.500. The van der Waals surface area contributed by atoms with Crippen LogP contribution in [0.15, 0.2) is 24.3 Å². The molecule has 0 aliphatic carbocycles. The van der Waals surface area contributed by atoms with Crippen LogP contribution in [0.3, 0.4) is 0 Å². The Morgan fingerprint density at radius 1 is 1.25 bits per heavy atom. The Balaban J connectivity index is 1.35. The fourth-order valence-corrected chi connectivity index (χ4v) is 4.34. The van der Waals surface area contributed by atoms with Gasteiger partial charge in [0.15, 0.2) is 0 Å². The zero-order chi connectivity index (χ0) is 16.5. The van der Waals surface area contributed by atoms with Crippen molar-refractivity contribution in [2.24, 2.45) is 5.92 Å². The smallest absolute Gasteiger partial charge is 0.134 e. The number of hydrogen-bond donors (Lipinski definition) is 1. The first-order valence-corrected chi connectivity index (χ1v) is 9.48. The van der Waals surface area contributed by atoms with Crippen LogP contribution in [-0.2, 0) is 6.42 Å². The molecule has 0 bridgehead atoms. The number of imidazole rings is 1. The minimum Gasteiger partial charge on any atom is -0.342 e. The summed E-state index contributed by atoms with van der Waals surface area (Å²) < 4.78 is 0. The quantitative estimate of drug-likeness (QED) is 0.785. The summed E-state index contributed by atoms with van der Waals surface area (Å²) in [5.41, 5.74) is 2.22. The van der Waals surface area contributed by atoms with Crippen LogP contribution in [0.25, 0.3) is 11.0 Å². The van der Waals surface area contributed by atoms with Crippen LogP contribution in [0.5, 0.6) is 0 Å². The SMILES string of the molecule is Cc1nnc(C(C)N2CCC(Cc3nc4ccccc4[nH]3)CC2)s1. The van der Waals surface area contributed by atoms with Crippen LogP contribution >= 0.6 is 11.3 Å². The summed E-state index contributed by atoms with van der Waals surface area (Å²) in [6.45, 7) is 6.53. The molecule has 0 radical (unpaired) electrons. The Morgan fingerprint density at radius 3 is 2.75 bits per heavy atom. The highest BCUT2D eigenvalue weighted by molar-refractivity contribution is 7.11. The number of para-hydroxylation sites is 2. The number of nitrogens with one attached hydrogen (secondary N) is 1. The van der Waals surface area contributed by atoms with Gasteiger partial charge in [0.05, 0.1) is 17.1 Å². The third-order valence-corrected chi connectivity index (χ3v) is 6.03. The van der Waals surface area contributed by atoms with E-state index in [1.54, 1.807) is 11.3 Å². The van der Waals surface area contributed by atoms with Crippen LogP contribution < -0.4 is 0 Å². The maximum atomic E-state index is 4.73. The molecule has 6 heteroatoms. The number of rotatable bonds is 4. The molecule has 0 amide bonds. The van der Waals surface area contributed by atoms with Crippen molar-refractivity contribution in [3.63, 3.8) is 0 Å². The van der Waals surface area contributed by atoms with Crippen molar-refractivity contribution >= 4 is 22.4 Å². The molecule has 1 aliphatic heterocycles. The second-order valence-corrected chi connectivity index (χ2v) is 7.93. The van der Waals surface area contributed by atoms with Crippen molar-refractivity contribution in [3.05, 3.63) is 40.1 Å². The number of benzene rings is 1. The lowest BCUT2D eigenvalue weighted by atomic mass is 9.92. The lowest BCUT2D eigenvalue weighted by Crippen LogP contribution is -2.36. The summed E-state index contributed by atoms with van der Waals surface area (Å²) in [5, 5.41) is 10.7. The summed E-state index contributed by atoms with van der Waals surface area (Å²) in [5.74, 6) is 1.84. The molecule has 1 atom stereocenters. The Kier molecular flexibility index (Phi) is 4.33. The molecular formula is C18H23N5S. The van der Waals surface area contributed by atoms with Crippen LogP contribution in [-0.4, -0.2) is 38.2 Å². The number of aromatic amines is 1. The van der Waals surface area contributed by atoms with E-state index in [-0.39, 0.29) is 0 Å². The topological polar surface area (TPSA) is 57.7 Å². The lowest BCUT2D eigenvalue weighted by molar-refractivity contribution is 0.140. The van der Waals surface area contributed by atoms with Gasteiger partial charge in [-0.2, -0.15) is 0 Å². The molecule has 126 valence electrons. The molecule has 3 aromatic rings. The minimum atomic E-state index is 0.378. The van der Waals surface area contributed by atoms with E-state index in [1.807, 2.05) is 13.0 Å². The molecule has 3 heterocycles. The molecule has 1 saturated heterocycles.